The molecule has 0 aliphatic rings. The molecule has 1 aromatic heterocycles. The van der Waals surface area contributed by atoms with Crippen molar-refractivity contribution < 1.29 is 9.90 Å². The van der Waals surface area contributed by atoms with Gasteiger partial charge in [0.1, 0.15) is 5.69 Å². The number of aromatic amines is 1. The summed E-state index contributed by atoms with van der Waals surface area (Å²) in [5, 5.41) is 14.3. The molecule has 0 atom stereocenters. The van der Waals surface area contributed by atoms with Crippen LogP contribution in [0.15, 0.2) is 42.5 Å². The van der Waals surface area contributed by atoms with E-state index in [0.29, 0.717) is 18.1 Å². The van der Waals surface area contributed by atoms with Gasteiger partial charge in [-0.15, -0.1) is 0 Å². The van der Waals surface area contributed by atoms with Crippen LogP contribution in [0.25, 0.3) is 10.9 Å². The number of aryl methyl sites for hydroxylation is 1. The first-order valence-electron chi connectivity index (χ1n) is 7.35. The van der Waals surface area contributed by atoms with Crippen molar-refractivity contribution >= 4 is 28.5 Å². The maximum Gasteiger partial charge on any atom is 0.352 e. The van der Waals surface area contributed by atoms with Gasteiger partial charge >= 0.3 is 5.97 Å². The molecule has 5 heteroatoms. The summed E-state index contributed by atoms with van der Waals surface area (Å²) in [6, 6.07) is 13.5. The number of halogens is 1. The SMILES string of the molecule is Cc1ccc2c(CNCc3ccccc3Cl)c(C(=O)O)[nH]c2c1. The van der Waals surface area contributed by atoms with Gasteiger partial charge in [-0.25, -0.2) is 4.79 Å². The number of aromatic nitrogens is 1. The molecule has 3 aromatic rings. The number of fused-ring (bicyclic) bond motifs is 1. The largest absolute Gasteiger partial charge is 0.477 e. The second-order valence-electron chi connectivity index (χ2n) is 5.53. The lowest BCUT2D eigenvalue weighted by molar-refractivity contribution is 0.0690. The number of rotatable bonds is 5. The molecule has 118 valence electrons. The highest BCUT2D eigenvalue weighted by atomic mass is 35.5. The number of carboxylic acid groups (broad SMARTS) is 1. The summed E-state index contributed by atoms with van der Waals surface area (Å²) in [7, 11) is 0. The van der Waals surface area contributed by atoms with E-state index in [0.717, 1.165) is 27.6 Å². The number of hydrogen-bond acceptors (Lipinski definition) is 2. The summed E-state index contributed by atoms with van der Waals surface area (Å²) in [6.45, 7) is 3.02. The average Bonchev–Trinajstić information content (AvgIpc) is 2.87. The molecule has 0 aliphatic heterocycles. The van der Waals surface area contributed by atoms with Crippen molar-refractivity contribution in [2.45, 2.75) is 20.0 Å². The van der Waals surface area contributed by atoms with Gasteiger partial charge < -0.3 is 15.4 Å². The molecule has 3 rings (SSSR count). The van der Waals surface area contributed by atoms with Crippen LogP contribution in [0.4, 0.5) is 0 Å². The summed E-state index contributed by atoms with van der Waals surface area (Å²) in [5.41, 5.74) is 3.92. The second kappa shape index (κ2) is 6.44. The summed E-state index contributed by atoms with van der Waals surface area (Å²) in [4.78, 5) is 14.5. The van der Waals surface area contributed by atoms with Crippen LogP contribution in [0.5, 0.6) is 0 Å². The van der Waals surface area contributed by atoms with E-state index >= 15 is 0 Å². The highest BCUT2D eigenvalue weighted by Crippen LogP contribution is 2.24. The lowest BCUT2D eigenvalue weighted by Crippen LogP contribution is -2.15. The Labute approximate surface area is 139 Å². The van der Waals surface area contributed by atoms with Gasteiger partial charge in [0, 0.05) is 34.6 Å². The Hall–Kier alpha value is -2.30. The van der Waals surface area contributed by atoms with Crippen molar-refractivity contribution in [3.8, 4) is 0 Å². The molecule has 0 saturated heterocycles. The highest BCUT2D eigenvalue weighted by molar-refractivity contribution is 6.31. The smallest absolute Gasteiger partial charge is 0.352 e. The Bertz CT molecular complexity index is 871. The number of hydrogen-bond donors (Lipinski definition) is 3. The summed E-state index contributed by atoms with van der Waals surface area (Å²) in [5.74, 6) is -0.951. The molecule has 4 nitrogen and oxygen atoms in total. The zero-order valence-corrected chi connectivity index (χ0v) is 13.4. The van der Waals surface area contributed by atoms with Gasteiger partial charge in [-0.05, 0) is 30.2 Å². The zero-order chi connectivity index (χ0) is 16.4. The molecule has 0 bridgehead atoms. The third-order valence-corrected chi connectivity index (χ3v) is 4.22. The number of nitrogens with one attached hydrogen (secondary N) is 2. The van der Waals surface area contributed by atoms with Crippen molar-refractivity contribution in [2.75, 3.05) is 0 Å². The molecule has 1 heterocycles. The van der Waals surface area contributed by atoms with Crippen LogP contribution in [-0.2, 0) is 13.1 Å². The number of aromatic carboxylic acids is 1. The Morgan fingerprint density at radius 2 is 2.00 bits per heavy atom. The summed E-state index contributed by atoms with van der Waals surface area (Å²) >= 11 is 6.14. The molecule has 23 heavy (non-hydrogen) atoms. The summed E-state index contributed by atoms with van der Waals surface area (Å²) in [6.07, 6.45) is 0. The second-order valence-corrected chi connectivity index (χ2v) is 5.93. The van der Waals surface area contributed by atoms with E-state index < -0.39 is 5.97 Å². The van der Waals surface area contributed by atoms with Gasteiger partial charge in [-0.3, -0.25) is 0 Å². The predicted molar refractivity (Wildman–Crippen MR) is 92.0 cm³/mol. The average molecular weight is 329 g/mol. The molecular weight excluding hydrogens is 312 g/mol. The molecule has 0 aliphatic carbocycles. The fraction of sp³-hybridized carbons (Fsp3) is 0.167. The third kappa shape index (κ3) is 3.23. The van der Waals surface area contributed by atoms with E-state index in [-0.39, 0.29) is 5.69 Å². The topological polar surface area (TPSA) is 65.1 Å². The molecule has 0 unspecified atom stereocenters. The quantitative estimate of drug-likeness (QED) is 0.660. The van der Waals surface area contributed by atoms with Crippen LogP contribution in [0.3, 0.4) is 0 Å². The standard InChI is InChI=1S/C18H17ClN2O2/c1-11-6-7-13-14(17(18(22)23)21-16(13)8-11)10-20-9-12-4-2-3-5-15(12)19/h2-8,20-21H,9-10H2,1H3,(H,22,23). The molecule has 0 amide bonds. The van der Waals surface area contributed by atoms with Crippen LogP contribution in [0.2, 0.25) is 5.02 Å². The highest BCUT2D eigenvalue weighted by Gasteiger charge is 2.16. The normalized spacial score (nSPS) is 11.0. The van der Waals surface area contributed by atoms with Gasteiger partial charge in [0.15, 0.2) is 0 Å². The lowest BCUT2D eigenvalue weighted by Gasteiger charge is -2.07. The Kier molecular flexibility index (Phi) is 4.37. The third-order valence-electron chi connectivity index (χ3n) is 3.85. The number of carbonyl (C=O) groups is 1. The Morgan fingerprint density at radius 1 is 1.22 bits per heavy atom. The summed E-state index contributed by atoms with van der Waals surface area (Å²) < 4.78 is 0. The van der Waals surface area contributed by atoms with Gasteiger partial charge in [-0.1, -0.05) is 41.9 Å². The van der Waals surface area contributed by atoms with E-state index in [9.17, 15) is 9.90 Å². The first-order valence-corrected chi connectivity index (χ1v) is 7.72. The molecule has 2 aromatic carbocycles. The maximum atomic E-state index is 11.5. The van der Waals surface area contributed by atoms with Gasteiger partial charge in [0.05, 0.1) is 0 Å². The Morgan fingerprint density at radius 3 is 2.74 bits per heavy atom. The molecule has 0 radical (unpaired) electrons. The van der Waals surface area contributed by atoms with Crippen LogP contribution >= 0.6 is 11.6 Å². The minimum Gasteiger partial charge on any atom is -0.477 e. The first-order chi connectivity index (χ1) is 11.1. The van der Waals surface area contributed by atoms with Crippen molar-refractivity contribution in [3.63, 3.8) is 0 Å². The monoisotopic (exact) mass is 328 g/mol. The number of H-pyrrole nitrogens is 1. The molecule has 0 saturated carbocycles. The van der Waals surface area contributed by atoms with Gasteiger partial charge in [0.25, 0.3) is 0 Å². The van der Waals surface area contributed by atoms with Crippen LogP contribution in [-0.4, -0.2) is 16.1 Å². The number of benzene rings is 2. The van der Waals surface area contributed by atoms with E-state index in [1.165, 1.54) is 0 Å². The van der Waals surface area contributed by atoms with Gasteiger partial charge in [-0.2, -0.15) is 0 Å². The maximum absolute atomic E-state index is 11.5. The number of carboxylic acids is 1. The fourth-order valence-electron chi connectivity index (χ4n) is 2.70. The van der Waals surface area contributed by atoms with E-state index in [1.54, 1.807) is 0 Å². The van der Waals surface area contributed by atoms with Crippen molar-refractivity contribution in [1.29, 1.82) is 0 Å². The van der Waals surface area contributed by atoms with Crippen molar-refractivity contribution in [2.24, 2.45) is 0 Å². The minimum absolute atomic E-state index is 0.234. The van der Waals surface area contributed by atoms with Crippen LogP contribution < -0.4 is 5.32 Å². The zero-order valence-electron chi connectivity index (χ0n) is 12.7. The van der Waals surface area contributed by atoms with Gasteiger partial charge in [0.2, 0.25) is 0 Å². The van der Waals surface area contributed by atoms with E-state index in [1.807, 2.05) is 49.4 Å². The Balaban J connectivity index is 1.85. The first kappa shape index (κ1) is 15.6. The lowest BCUT2D eigenvalue weighted by atomic mass is 10.1. The fourth-order valence-corrected chi connectivity index (χ4v) is 2.90. The van der Waals surface area contributed by atoms with Crippen LogP contribution in [0.1, 0.15) is 27.2 Å². The molecule has 0 fully saturated rings. The molecule has 3 N–H and O–H groups in total. The molecule has 0 spiro atoms. The molecular formula is C18H17ClN2O2. The van der Waals surface area contributed by atoms with E-state index in [4.69, 9.17) is 11.6 Å². The predicted octanol–water partition coefficient (Wildman–Crippen LogP) is 4.12. The van der Waals surface area contributed by atoms with Crippen molar-refractivity contribution in [3.05, 3.63) is 69.9 Å². The minimum atomic E-state index is -0.951. The van der Waals surface area contributed by atoms with Crippen molar-refractivity contribution in [1.82, 2.24) is 10.3 Å². The van der Waals surface area contributed by atoms with E-state index in [2.05, 4.69) is 10.3 Å². The van der Waals surface area contributed by atoms with Crippen LogP contribution in [0, 0.1) is 6.92 Å².